The number of nitriles is 1. The standard InChI is InChI=1S/C14H13N5O3/c15-5-7-22-10-3-1-2-8(12(10)19-14(17)21)11-9(13(16)20)4-6-18-11/h1-4,6,18H,7H2,(H2,16,20)(H3,17,19,21). The van der Waals surface area contributed by atoms with E-state index in [-0.39, 0.29) is 23.6 Å². The van der Waals surface area contributed by atoms with Gasteiger partial charge in [-0.2, -0.15) is 5.26 Å². The molecule has 0 aliphatic carbocycles. The van der Waals surface area contributed by atoms with Crippen LogP contribution in [-0.4, -0.2) is 23.5 Å². The zero-order chi connectivity index (χ0) is 16.1. The van der Waals surface area contributed by atoms with E-state index in [9.17, 15) is 9.59 Å². The molecule has 8 heteroatoms. The molecule has 0 aliphatic heterocycles. The molecule has 0 fully saturated rings. The van der Waals surface area contributed by atoms with Crippen LogP contribution in [0.1, 0.15) is 10.4 Å². The van der Waals surface area contributed by atoms with Gasteiger partial charge in [-0.15, -0.1) is 0 Å². The number of aromatic nitrogens is 1. The van der Waals surface area contributed by atoms with Crippen molar-refractivity contribution in [2.24, 2.45) is 11.5 Å². The van der Waals surface area contributed by atoms with Gasteiger partial charge in [0.2, 0.25) is 0 Å². The lowest BCUT2D eigenvalue weighted by atomic mass is 10.0. The highest BCUT2D eigenvalue weighted by Gasteiger charge is 2.18. The Morgan fingerprint density at radius 3 is 2.73 bits per heavy atom. The average Bonchev–Trinajstić information content (AvgIpc) is 2.95. The Morgan fingerprint density at radius 1 is 1.32 bits per heavy atom. The topological polar surface area (TPSA) is 147 Å². The zero-order valence-corrected chi connectivity index (χ0v) is 11.4. The van der Waals surface area contributed by atoms with Crippen LogP contribution in [-0.2, 0) is 0 Å². The Morgan fingerprint density at radius 2 is 2.09 bits per heavy atom. The number of rotatable bonds is 5. The molecule has 0 saturated heterocycles. The normalized spacial score (nSPS) is 9.77. The number of benzene rings is 1. The van der Waals surface area contributed by atoms with E-state index in [4.69, 9.17) is 21.5 Å². The van der Waals surface area contributed by atoms with Gasteiger partial charge < -0.3 is 26.5 Å². The molecule has 1 aromatic carbocycles. The highest BCUT2D eigenvalue weighted by Crippen LogP contribution is 2.36. The van der Waals surface area contributed by atoms with Gasteiger partial charge in [0.05, 0.1) is 16.9 Å². The summed E-state index contributed by atoms with van der Waals surface area (Å²) in [5.41, 5.74) is 11.9. The van der Waals surface area contributed by atoms with E-state index >= 15 is 0 Å². The number of hydrogen-bond acceptors (Lipinski definition) is 4. The highest BCUT2D eigenvalue weighted by molar-refractivity contribution is 6.03. The van der Waals surface area contributed by atoms with E-state index in [0.717, 1.165) is 0 Å². The van der Waals surface area contributed by atoms with Crippen LogP contribution >= 0.6 is 0 Å². The summed E-state index contributed by atoms with van der Waals surface area (Å²) in [6, 6.07) is 7.43. The van der Waals surface area contributed by atoms with E-state index in [0.29, 0.717) is 11.3 Å². The molecule has 3 amide bonds. The van der Waals surface area contributed by atoms with Gasteiger partial charge in [0.15, 0.2) is 6.61 Å². The molecule has 0 radical (unpaired) electrons. The summed E-state index contributed by atoms with van der Waals surface area (Å²) in [7, 11) is 0. The summed E-state index contributed by atoms with van der Waals surface area (Å²) >= 11 is 0. The first-order valence-corrected chi connectivity index (χ1v) is 6.21. The minimum absolute atomic E-state index is 0.204. The van der Waals surface area contributed by atoms with Crippen LogP contribution in [0.4, 0.5) is 10.5 Å². The highest BCUT2D eigenvalue weighted by atomic mass is 16.5. The largest absolute Gasteiger partial charge is 0.477 e. The minimum Gasteiger partial charge on any atom is -0.477 e. The van der Waals surface area contributed by atoms with Crippen molar-refractivity contribution in [3.63, 3.8) is 0 Å². The maximum Gasteiger partial charge on any atom is 0.316 e. The Kier molecular flexibility index (Phi) is 4.29. The second-order valence-corrected chi connectivity index (χ2v) is 4.25. The maximum atomic E-state index is 11.5. The molecule has 0 unspecified atom stereocenters. The van der Waals surface area contributed by atoms with Crippen LogP contribution in [0.3, 0.4) is 0 Å². The second kappa shape index (κ2) is 6.32. The predicted octanol–water partition coefficient (Wildman–Crippen LogP) is 1.17. The fourth-order valence-corrected chi connectivity index (χ4v) is 2.02. The van der Waals surface area contributed by atoms with Gasteiger partial charge in [0.1, 0.15) is 11.8 Å². The van der Waals surface area contributed by atoms with E-state index in [1.54, 1.807) is 24.4 Å². The molecule has 0 atom stereocenters. The SMILES string of the molecule is N#CCOc1cccc(-c2[nH]ccc2C(N)=O)c1NC(N)=O. The predicted molar refractivity (Wildman–Crippen MR) is 79.1 cm³/mol. The molecule has 22 heavy (non-hydrogen) atoms. The molecule has 112 valence electrons. The lowest BCUT2D eigenvalue weighted by Gasteiger charge is -2.14. The number of hydrogen-bond donors (Lipinski definition) is 4. The van der Waals surface area contributed by atoms with Crippen molar-refractivity contribution in [3.05, 3.63) is 36.0 Å². The Labute approximate surface area is 125 Å². The number of nitrogens with two attached hydrogens (primary N) is 2. The van der Waals surface area contributed by atoms with E-state index in [1.807, 2.05) is 6.07 Å². The van der Waals surface area contributed by atoms with Crippen molar-refractivity contribution in [1.82, 2.24) is 4.98 Å². The lowest BCUT2D eigenvalue weighted by molar-refractivity contribution is 0.100. The van der Waals surface area contributed by atoms with E-state index in [2.05, 4.69) is 10.3 Å². The monoisotopic (exact) mass is 299 g/mol. The fourth-order valence-electron chi connectivity index (χ4n) is 2.02. The first kappa shape index (κ1) is 14.9. The second-order valence-electron chi connectivity index (χ2n) is 4.25. The maximum absolute atomic E-state index is 11.5. The van der Waals surface area contributed by atoms with Crippen molar-refractivity contribution in [3.8, 4) is 23.1 Å². The molecule has 0 aliphatic rings. The van der Waals surface area contributed by atoms with Crippen molar-refractivity contribution < 1.29 is 14.3 Å². The smallest absolute Gasteiger partial charge is 0.316 e. The molecule has 0 saturated carbocycles. The number of primary amides is 2. The number of amides is 3. The lowest BCUT2D eigenvalue weighted by Crippen LogP contribution is -2.20. The molecule has 1 aromatic heterocycles. The third-order valence-corrected chi connectivity index (χ3v) is 2.85. The van der Waals surface area contributed by atoms with Crippen LogP contribution in [0.2, 0.25) is 0 Å². The van der Waals surface area contributed by atoms with Crippen LogP contribution < -0.4 is 21.5 Å². The average molecular weight is 299 g/mol. The number of aromatic amines is 1. The molecule has 6 N–H and O–H groups in total. The number of nitrogens with one attached hydrogen (secondary N) is 2. The van der Waals surface area contributed by atoms with Crippen molar-refractivity contribution in [2.45, 2.75) is 0 Å². The van der Waals surface area contributed by atoms with Gasteiger partial charge >= 0.3 is 6.03 Å². The summed E-state index contributed by atoms with van der Waals surface area (Å²) in [4.78, 5) is 25.6. The number of ether oxygens (including phenoxy) is 1. The van der Waals surface area contributed by atoms with Crippen molar-refractivity contribution in [2.75, 3.05) is 11.9 Å². The van der Waals surface area contributed by atoms with Gasteiger partial charge in [0.25, 0.3) is 5.91 Å². The number of nitrogens with zero attached hydrogens (tertiary/aromatic N) is 1. The Hall–Kier alpha value is -3.47. The molecule has 8 nitrogen and oxygen atoms in total. The molecular formula is C14H13N5O3. The molecule has 0 spiro atoms. The molecule has 1 heterocycles. The number of carbonyl (C=O) groups excluding carboxylic acids is 2. The third-order valence-electron chi connectivity index (χ3n) is 2.85. The summed E-state index contributed by atoms with van der Waals surface area (Å²) in [5.74, 6) is -0.368. The number of H-pyrrole nitrogens is 1. The van der Waals surface area contributed by atoms with Gasteiger partial charge in [0, 0.05) is 11.8 Å². The Balaban J connectivity index is 2.59. The number of anilines is 1. The number of urea groups is 1. The minimum atomic E-state index is -0.804. The van der Waals surface area contributed by atoms with Crippen LogP contribution in [0.15, 0.2) is 30.5 Å². The summed E-state index contributed by atoms with van der Waals surface area (Å²) in [6.07, 6.45) is 1.55. The van der Waals surface area contributed by atoms with E-state index in [1.165, 1.54) is 6.07 Å². The van der Waals surface area contributed by atoms with Gasteiger partial charge in [-0.1, -0.05) is 12.1 Å². The van der Waals surface area contributed by atoms with Gasteiger partial charge in [-0.25, -0.2) is 4.79 Å². The number of para-hydroxylation sites is 1. The number of carbonyl (C=O) groups is 2. The van der Waals surface area contributed by atoms with Crippen LogP contribution in [0, 0.1) is 11.3 Å². The fraction of sp³-hybridized carbons (Fsp3) is 0.0714. The molecule has 0 bridgehead atoms. The zero-order valence-electron chi connectivity index (χ0n) is 11.4. The van der Waals surface area contributed by atoms with Gasteiger partial charge in [-0.05, 0) is 12.1 Å². The summed E-state index contributed by atoms with van der Waals surface area (Å²) < 4.78 is 5.26. The molecule has 2 rings (SSSR count). The van der Waals surface area contributed by atoms with Crippen molar-refractivity contribution >= 4 is 17.6 Å². The van der Waals surface area contributed by atoms with Gasteiger partial charge in [-0.3, -0.25) is 4.79 Å². The van der Waals surface area contributed by atoms with E-state index < -0.39 is 11.9 Å². The first-order chi connectivity index (χ1) is 10.5. The summed E-state index contributed by atoms with van der Waals surface area (Å²) in [5, 5.41) is 11.1. The first-order valence-electron chi connectivity index (χ1n) is 6.21. The van der Waals surface area contributed by atoms with Crippen molar-refractivity contribution in [1.29, 1.82) is 5.26 Å². The molecular weight excluding hydrogens is 286 g/mol. The molecule has 2 aromatic rings. The quantitative estimate of drug-likeness (QED) is 0.656. The summed E-state index contributed by atoms with van der Waals surface area (Å²) in [6.45, 7) is -0.204. The van der Waals surface area contributed by atoms with Crippen LogP contribution in [0.5, 0.6) is 5.75 Å². The Bertz CT molecular complexity index is 760. The van der Waals surface area contributed by atoms with Crippen LogP contribution in [0.25, 0.3) is 11.3 Å². The third kappa shape index (κ3) is 2.99.